The molecule has 4 nitrogen and oxygen atoms in total. The maximum absolute atomic E-state index is 13.3. The third-order valence-electron chi connectivity index (χ3n) is 6.80. The Morgan fingerprint density at radius 1 is 0.909 bits per heavy atom. The molecule has 1 N–H and O–H groups in total. The summed E-state index contributed by atoms with van der Waals surface area (Å²) in [7, 11) is 0. The highest BCUT2D eigenvalue weighted by Crippen LogP contribution is 2.42. The van der Waals surface area contributed by atoms with Crippen molar-refractivity contribution in [1.82, 2.24) is 0 Å². The lowest BCUT2D eigenvalue weighted by Gasteiger charge is -2.25. The summed E-state index contributed by atoms with van der Waals surface area (Å²) < 4.78 is 0. The summed E-state index contributed by atoms with van der Waals surface area (Å²) in [4.78, 5) is 28.1. The van der Waals surface area contributed by atoms with E-state index in [2.05, 4.69) is 6.92 Å². The Morgan fingerprint density at radius 3 is 2.30 bits per heavy atom. The van der Waals surface area contributed by atoms with Gasteiger partial charge in [0, 0.05) is 11.3 Å². The van der Waals surface area contributed by atoms with E-state index in [-0.39, 0.29) is 11.3 Å². The lowest BCUT2D eigenvalue weighted by molar-refractivity contribution is -0.132. The monoisotopic (exact) mass is 437 g/mol. The maximum atomic E-state index is 13.3. The molecular formula is C29H27NO3. The number of rotatable bonds is 4. The molecule has 3 aromatic carbocycles. The van der Waals surface area contributed by atoms with Crippen molar-refractivity contribution in [2.75, 3.05) is 4.90 Å². The number of fused-ring (bicyclic) bond motifs is 1. The first kappa shape index (κ1) is 21.2. The second-order valence-corrected chi connectivity index (χ2v) is 8.79. The fourth-order valence-corrected chi connectivity index (χ4v) is 4.98. The minimum atomic E-state index is -0.685. The molecule has 0 radical (unpaired) electrons. The fourth-order valence-electron chi connectivity index (χ4n) is 4.98. The number of carbonyl (C=O) groups is 2. The number of aliphatic hydroxyl groups excluding tert-OH is 1. The Hall–Kier alpha value is -3.66. The average molecular weight is 438 g/mol. The van der Waals surface area contributed by atoms with Crippen molar-refractivity contribution in [3.8, 4) is 0 Å². The van der Waals surface area contributed by atoms with Crippen LogP contribution in [0.25, 0.3) is 5.76 Å². The highest BCUT2D eigenvalue weighted by molar-refractivity contribution is 6.51. The lowest BCUT2D eigenvalue weighted by atomic mass is 9.88. The molecule has 4 heteroatoms. The molecule has 1 saturated heterocycles. The first-order valence-electron chi connectivity index (χ1n) is 11.7. The molecule has 166 valence electrons. The number of nitrogens with zero attached hydrogens (tertiary/aromatic N) is 1. The molecule has 1 aliphatic heterocycles. The fraction of sp³-hybridized carbons (Fsp3) is 0.241. The topological polar surface area (TPSA) is 57.6 Å². The first-order valence-corrected chi connectivity index (χ1v) is 11.7. The van der Waals surface area contributed by atoms with Crippen molar-refractivity contribution >= 4 is 23.1 Å². The van der Waals surface area contributed by atoms with Gasteiger partial charge in [0.25, 0.3) is 11.7 Å². The zero-order chi connectivity index (χ0) is 22.9. The number of benzene rings is 3. The van der Waals surface area contributed by atoms with Crippen LogP contribution in [0.2, 0.25) is 0 Å². The van der Waals surface area contributed by atoms with E-state index < -0.39 is 17.7 Å². The van der Waals surface area contributed by atoms with Gasteiger partial charge in [0.2, 0.25) is 0 Å². The Kier molecular flexibility index (Phi) is 5.59. The van der Waals surface area contributed by atoms with Crippen LogP contribution in [0, 0.1) is 0 Å². The number of aryl methyl sites for hydroxylation is 3. The van der Waals surface area contributed by atoms with Gasteiger partial charge in [-0.2, -0.15) is 0 Å². The Labute approximate surface area is 194 Å². The molecule has 0 spiro atoms. The van der Waals surface area contributed by atoms with Gasteiger partial charge in [0.1, 0.15) is 5.76 Å². The van der Waals surface area contributed by atoms with E-state index in [1.807, 2.05) is 72.8 Å². The van der Waals surface area contributed by atoms with E-state index in [9.17, 15) is 14.7 Å². The highest BCUT2D eigenvalue weighted by atomic mass is 16.3. The summed E-state index contributed by atoms with van der Waals surface area (Å²) in [6.07, 6.45) is 5.20. The molecule has 1 amide bonds. The van der Waals surface area contributed by atoms with Crippen LogP contribution in [0.15, 0.2) is 78.4 Å². The summed E-state index contributed by atoms with van der Waals surface area (Å²) in [5, 5.41) is 11.4. The van der Waals surface area contributed by atoms with Gasteiger partial charge >= 0.3 is 0 Å². The van der Waals surface area contributed by atoms with Gasteiger partial charge in [-0.05, 0) is 72.6 Å². The quantitative estimate of drug-likeness (QED) is 0.321. The van der Waals surface area contributed by atoms with Crippen molar-refractivity contribution in [3.63, 3.8) is 0 Å². The average Bonchev–Trinajstić information content (AvgIpc) is 3.14. The largest absolute Gasteiger partial charge is 0.507 e. The molecule has 1 heterocycles. The van der Waals surface area contributed by atoms with Crippen molar-refractivity contribution < 1.29 is 14.7 Å². The van der Waals surface area contributed by atoms with Crippen LogP contribution in [0.4, 0.5) is 5.69 Å². The van der Waals surface area contributed by atoms with Crippen LogP contribution in [-0.4, -0.2) is 16.8 Å². The van der Waals surface area contributed by atoms with Gasteiger partial charge in [0.05, 0.1) is 11.6 Å². The molecular weight excluding hydrogens is 410 g/mol. The van der Waals surface area contributed by atoms with Gasteiger partial charge in [0.15, 0.2) is 0 Å². The van der Waals surface area contributed by atoms with E-state index in [4.69, 9.17) is 0 Å². The molecule has 1 atom stereocenters. The Balaban J connectivity index is 1.66. The van der Waals surface area contributed by atoms with E-state index >= 15 is 0 Å². The SMILES string of the molecule is CCc1ccc(N2C(=O)C(=O)/C(=C(\O)c3ccc4c(c3)CCCC4)C2c2ccccc2)cc1. The van der Waals surface area contributed by atoms with Gasteiger partial charge in [-0.1, -0.05) is 61.5 Å². The molecule has 33 heavy (non-hydrogen) atoms. The summed E-state index contributed by atoms with van der Waals surface area (Å²) >= 11 is 0. The van der Waals surface area contributed by atoms with E-state index in [1.165, 1.54) is 22.4 Å². The van der Waals surface area contributed by atoms with Crippen LogP contribution in [0.1, 0.15) is 53.6 Å². The number of hydrogen-bond donors (Lipinski definition) is 1. The molecule has 3 aromatic rings. The summed E-state index contributed by atoms with van der Waals surface area (Å²) in [6, 6.07) is 22.3. The molecule has 0 saturated carbocycles. The number of amides is 1. The van der Waals surface area contributed by atoms with E-state index in [0.717, 1.165) is 36.8 Å². The normalized spacial score (nSPS) is 19.5. The summed E-state index contributed by atoms with van der Waals surface area (Å²) in [5.74, 6) is -1.38. The molecule has 0 bridgehead atoms. The predicted octanol–water partition coefficient (Wildman–Crippen LogP) is 5.75. The lowest BCUT2D eigenvalue weighted by Crippen LogP contribution is -2.29. The van der Waals surface area contributed by atoms with Crippen molar-refractivity contribution in [1.29, 1.82) is 0 Å². The predicted molar refractivity (Wildman–Crippen MR) is 130 cm³/mol. The molecule has 0 aromatic heterocycles. The second kappa shape index (κ2) is 8.70. The van der Waals surface area contributed by atoms with Gasteiger partial charge in [-0.25, -0.2) is 0 Å². The van der Waals surface area contributed by atoms with Crippen LogP contribution in [0.5, 0.6) is 0 Å². The summed E-state index contributed by atoms with van der Waals surface area (Å²) in [6.45, 7) is 2.07. The maximum Gasteiger partial charge on any atom is 0.300 e. The number of hydrogen-bond acceptors (Lipinski definition) is 3. The van der Waals surface area contributed by atoms with Gasteiger partial charge in [-0.3, -0.25) is 14.5 Å². The smallest absolute Gasteiger partial charge is 0.300 e. The van der Waals surface area contributed by atoms with Crippen LogP contribution < -0.4 is 4.90 Å². The van der Waals surface area contributed by atoms with E-state index in [0.29, 0.717) is 11.3 Å². The third-order valence-corrected chi connectivity index (χ3v) is 6.80. The highest BCUT2D eigenvalue weighted by Gasteiger charge is 2.46. The molecule has 1 fully saturated rings. The zero-order valence-corrected chi connectivity index (χ0v) is 18.8. The van der Waals surface area contributed by atoms with E-state index in [1.54, 1.807) is 0 Å². The molecule has 5 rings (SSSR count). The zero-order valence-electron chi connectivity index (χ0n) is 18.8. The van der Waals surface area contributed by atoms with Crippen LogP contribution >= 0.6 is 0 Å². The molecule has 1 aliphatic carbocycles. The number of Topliss-reactive ketones (excluding diaryl/α,β-unsaturated/α-hetero) is 1. The van der Waals surface area contributed by atoms with Crippen molar-refractivity contribution in [2.24, 2.45) is 0 Å². The third kappa shape index (κ3) is 3.76. The standard InChI is InChI=1S/C29H27NO3/c1-2-19-12-16-24(17-13-19)30-26(21-9-4-3-5-10-21)25(28(32)29(30)33)27(31)23-15-14-20-8-6-7-11-22(20)18-23/h3-5,9-10,12-18,26,31H,2,6-8,11H2,1H3/b27-25-. The molecule has 2 aliphatic rings. The number of carbonyl (C=O) groups excluding carboxylic acids is 2. The van der Waals surface area contributed by atoms with Crippen LogP contribution in [-0.2, 0) is 28.9 Å². The van der Waals surface area contributed by atoms with Crippen LogP contribution in [0.3, 0.4) is 0 Å². The number of aliphatic hydroxyl groups is 1. The second-order valence-electron chi connectivity index (χ2n) is 8.79. The van der Waals surface area contributed by atoms with Gasteiger partial charge < -0.3 is 5.11 Å². The Morgan fingerprint density at radius 2 is 1.61 bits per heavy atom. The number of anilines is 1. The number of ketones is 1. The minimum absolute atomic E-state index is 0.108. The van der Waals surface area contributed by atoms with Crippen molar-refractivity contribution in [2.45, 2.75) is 45.1 Å². The minimum Gasteiger partial charge on any atom is -0.507 e. The van der Waals surface area contributed by atoms with Gasteiger partial charge in [-0.15, -0.1) is 0 Å². The summed E-state index contributed by atoms with van der Waals surface area (Å²) in [5.41, 5.74) is 5.83. The molecule has 1 unspecified atom stereocenters. The Bertz CT molecular complexity index is 1240. The first-order chi connectivity index (χ1) is 16.1. The van der Waals surface area contributed by atoms with Crippen molar-refractivity contribution in [3.05, 3.63) is 106 Å².